The number of nitrogens with one attached hydrogen (secondary N) is 1. The largest absolute Gasteiger partial charge is 0.492 e. The zero-order chi connectivity index (χ0) is 16.2. The van der Waals surface area contributed by atoms with E-state index in [1.165, 1.54) is 6.33 Å². The van der Waals surface area contributed by atoms with Crippen LogP contribution < -0.4 is 10.3 Å². The molecule has 0 bridgehead atoms. The Labute approximate surface area is 134 Å². The van der Waals surface area contributed by atoms with Gasteiger partial charge >= 0.3 is 0 Å². The summed E-state index contributed by atoms with van der Waals surface area (Å²) in [4.78, 5) is 20.6. The maximum atomic E-state index is 11.7. The van der Waals surface area contributed by atoms with Gasteiger partial charge in [-0.05, 0) is 49.5 Å². The third kappa shape index (κ3) is 3.57. The van der Waals surface area contributed by atoms with Crippen molar-refractivity contribution in [2.24, 2.45) is 0 Å². The molecule has 0 fully saturated rings. The minimum absolute atomic E-state index is 0.119. The molecule has 0 radical (unpaired) electrons. The predicted molar refractivity (Wildman–Crippen MR) is 91.8 cm³/mol. The van der Waals surface area contributed by atoms with Crippen molar-refractivity contribution in [3.05, 3.63) is 59.1 Å². The number of benzene rings is 2. The molecule has 23 heavy (non-hydrogen) atoms. The van der Waals surface area contributed by atoms with Crippen LogP contribution in [0, 0.1) is 0 Å². The molecule has 3 rings (SSSR count). The third-order valence-corrected chi connectivity index (χ3v) is 3.64. The van der Waals surface area contributed by atoms with E-state index in [0.29, 0.717) is 17.5 Å². The molecule has 5 heteroatoms. The van der Waals surface area contributed by atoms with Crippen molar-refractivity contribution in [2.45, 2.75) is 0 Å². The third-order valence-electron chi connectivity index (χ3n) is 3.64. The van der Waals surface area contributed by atoms with Crippen molar-refractivity contribution in [3.8, 4) is 16.9 Å². The molecule has 1 aromatic heterocycles. The number of ether oxygens (including phenoxy) is 1. The summed E-state index contributed by atoms with van der Waals surface area (Å²) in [5, 5.41) is 0.597. The van der Waals surface area contributed by atoms with E-state index < -0.39 is 0 Å². The van der Waals surface area contributed by atoms with Gasteiger partial charge in [0.2, 0.25) is 0 Å². The number of aromatic amines is 1. The summed E-state index contributed by atoms with van der Waals surface area (Å²) in [5.41, 5.74) is 2.66. The minimum Gasteiger partial charge on any atom is -0.492 e. The van der Waals surface area contributed by atoms with Gasteiger partial charge in [-0.15, -0.1) is 0 Å². The molecule has 0 saturated carbocycles. The Balaban J connectivity index is 1.80. The molecule has 118 valence electrons. The monoisotopic (exact) mass is 309 g/mol. The van der Waals surface area contributed by atoms with E-state index in [9.17, 15) is 4.79 Å². The number of aromatic nitrogens is 2. The highest BCUT2D eigenvalue weighted by atomic mass is 16.5. The summed E-state index contributed by atoms with van der Waals surface area (Å²) >= 11 is 0. The van der Waals surface area contributed by atoms with Gasteiger partial charge in [-0.3, -0.25) is 4.79 Å². The highest BCUT2D eigenvalue weighted by molar-refractivity contribution is 5.83. The second-order valence-electron chi connectivity index (χ2n) is 5.64. The summed E-state index contributed by atoms with van der Waals surface area (Å²) in [6.07, 6.45) is 1.43. The number of rotatable bonds is 5. The average Bonchev–Trinajstić information content (AvgIpc) is 2.55. The maximum absolute atomic E-state index is 11.7. The standard InChI is InChI=1S/C18H19N3O2/c1-21(2)9-10-23-15-6-3-13(4-7-15)14-5-8-16-17(11-14)19-12-20-18(16)22/h3-8,11-12H,9-10H2,1-2H3,(H,19,20,22). The number of H-pyrrole nitrogens is 1. The number of fused-ring (bicyclic) bond motifs is 1. The van der Waals surface area contributed by atoms with Crippen LogP contribution >= 0.6 is 0 Å². The van der Waals surface area contributed by atoms with Crippen LogP contribution in [-0.2, 0) is 0 Å². The van der Waals surface area contributed by atoms with E-state index >= 15 is 0 Å². The van der Waals surface area contributed by atoms with Crippen LogP contribution in [0.5, 0.6) is 5.75 Å². The van der Waals surface area contributed by atoms with Crippen molar-refractivity contribution in [1.29, 1.82) is 0 Å². The van der Waals surface area contributed by atoms with Crippen LogP contribution in [0.2, 0.25) is 0 Å². The van der Waals surface area contributed by atoms with E-state index in [0.717, 1.165) is 23.4 Å². The maximum Gasteiger partial charge on any atom is 0.258 e. The van der Waals surface area contributed by atoms with Crippen LogP contribution in [0.4, 0.5) is 0 Å². The van der Waals surface area contributed by atoms with Crippen LogP contribution in [0.25, 0.3) is 22.0 Å². The fourth-order valence-electron chi connectivity index (χ4n) is 2.34. The van der Waals surface area contributed by atoms with Gasteiger partial charge in [-0.25, -0.2) is 4.98 Å². The van der Waals surface area contributed by atoms with Crippen LogP contribution in [0.1, 0.15) is 0 Å². The normalized spacial score (nSPS) is 11.1. The van der Waals surface area contributed by atoms with E-state index in [-0.39, 0.29) is 5.56 Å². The highest BCUT2D eigenvalue weighted by Gasteiger charge is 2.04. The molecule has 0 aliphatic rings. The molecule has 0 aliphatic carbocycles. The lowest BCUT2D eigenvalue weighted by molar-refractivity contribution is 0.261. The fourth-order valence-corrected chi connectivity index (χ4v) is 2.34. The van der Waals surface area contributed by atoms with Gasteiger partial charge < -0.3 is 14.6 Å². The van der Waals surface area contributed by atoms with Gasteiger partial charge in [0, 0.05) is 6.54 Å². The van der Waals surface area contributed by atoms with E-state index in [1.54, 1.807) is 6.07 Å². The Morgan fingerprint density at radius 3 is 2.57 bits per heavy atom. The Bertz CT molecular complexity index is 854. The van der Waals surface area contributed by atoms with Gasteiger partial charge in [0.15, 0.2) is 0 Å². The zero-order valence-corrected chi connectivity index (χ0v) is 13.2. The number of hydrogen-bond donors (Lipinski definition) is 1. The second-order valence-corrected chi connectivity index (χ2v) is 5.64. The number of nitrogens with zero attached hydrogens (tertiary/aromatic N) is 2. The quantitative estimate of drug-likeness (QED) is 0.787. The van der Waals surface area contributed by atoms with Crippen LogP contribution in [0.3, 0.4) is 0 Å². The first-order valence-corrected chi connectivity index (χ1v) is 7.49. The lowest BCUT2D eigenvalue weighted by Gasteiger charge is -2.11. The first kappa shape index (κ1) is 15.2. The van der Waals surface area contributed by atoms with Gasteiger partial charge in [-0.2, -0.15) is 0 Å². The van der Waals surface area contributed by atoms with Gasteiger partial charge in [-0.1, -0.05) is 18.2 Å². The molecule has 0 unspecified atom stereocenters. The Morgan fingerprint density at radius 2 is 1.83 bits per heavy atom. The highest BCUT2D eigenvalue weighted by Crippen LogP contribution is 2.24. The molecule has 0 aliphatic heterocycles. The summed E-state index contributed by atoms with van der Waals surface area (Å²) in [7, 11) is 4.04. The van der Waals surface area contributed by atoms with E-state index in [4.69, 9.17) is 4.74 Å². The molecule has 0 amide bonds. The first-order valence-electron chi connectivity index (χ1n) is 7.49. The fraction of sp³-hybridized carbons (Fsp3) is 0.222. The molecule has 0 atom stereocenters. The lowest BCUT2D eigenvalue weighted by atomic mass is 10.0. The van der Waals surface area contributed by atoms with Crippen molar-refractivity contribution in [3.63, 3.8) is 0 Å². The zero-order valence-electron chi connectivity index (χ0n) is 13.2. The number of likely N-dealkylation sites (N-methyl/N-ethyl adjacent to an activating group) is 1. The van der Waals surface area contributed by atoms with Crippen molar-refractivity contribution in [2.75, 3.05) is 27.2 Å². The van der Waals surface area contributed by atoms with Crippen LogP contribution in [-0.4, -0.2) is 42.1 Å². The molecule has 3 aromatic rings. The van der Waals surface area contributed by atoms with E-state index in [1.807, 2.05) is 50.5 Å². The predicted octanol–water partition coefficient (Wildman–Crippen LogP) is 2.53. The Hall–Kier alpha value is -2.66. The topological polar surface area (TPSA) is 58.2 Å². The first-order chi connectivity index (χ1) is 11.1. The van der Waals surface area contributed by atoms with Gasteiger partial charge in [0.25, 0.3) is 5.56 Å². The molecule has 5 nitrogen and oxygen atoms in total. The Morgan fingerprint density at radius 1 is 1.09 bits per heavy atom. The average molecular weight is 309 g/mol. The molecule has 1 heterocycles. The Kier molecular flexibility index (Phi) is 4.39. The minimum atomic E-state index is -0.119. The summed E-state index contributed by atoms with van der Waals surface area (Å²) in [5.74, 6) is 0.853. The molecular formula is C18H19N3O2. The second kappa shape index (κ2) is 6.62. The van der Waals surface area contributed by atoms with Crippen molar-refractivity contribution >= 4 is 10.9 Å². The molecule has 0 spiro atoms. The smallest absolute Gasteiger partial charge is 0.258 e. The van der Waals surface area contributed by atoms with Crippen LogP contribution in [0.15, 0.2) is 53.6 Å². The van der Waals surface area contributed by atoms with Crippen molar-refractivity contribution in [1.82, 2.24) is 14.9 Å². The summed E-state index contributed by atoms with van der Waals surface area (Å²) in [6.45, 7) is 1.54. The molecule has 1 N–H and O–H groups in total. The lowest BCUT2D eigenvalue weighted by Crippen LogP contribution is -2.19. The van der Waals surface area contributed by atoms with Gasteiger partial charge in [0.1, 0.15) is 12.4 Å². The summed E-state index contributed by atoms with van der Waals surface area (Å²) < 4.78 is 5.69. The summed E-state index contributed by atoms with van der Waals surface area (Å²) in [6, 6.07) is 13.6. The van der Waals surface area contributed by atoms with E-state index in [2.05, 4.69) is 14.9 Å². The van der Waals surface area contributed by atoms with Gasteiger partial charge in [0.05, 0.1) is 17.2 Å². The molecule has 2 aromatic carbocycles. The van der Waals surface area contributed by atoms with Crippen molar-refractivity contribution < 1.29 is 4.74 Å². The molecule has 0 saturated heterocycles. The molecular weight excluding hydrogens is 290 g/mol. The number of hydrogen-bond acceptors (Lipinski definition) is 4. The SMILES string of the molecule is CN(C)CCOc1ccc(-c2ccc3c(=O)[nH]cnc3c2)cc1.